The lowest BCUT2D eigenvalue weighted by atomic mass is 9.95. The molecule has 138 valence electrons. The van der Waals surface area contributed by atoms with Crippen LogP contribution in [0.4, 0.5) is 0 Å². The van der Waals surface area contributed by atoms with Crippen LogP contribution in [-0.2, 0) is 21.5 Å². The Morgan fingerprint density at radius 2 is 1.80 bits per heavy atom. The van der Waals surface area contributed by atoms with Gasteiger partial charge >= 0.3 is 0 Å². The molecule has 6 nitrogen and oxygen atoms in total. The third-order valence-corrected chi connectivity index (χ3v) is 7.08. The Balaban J connectivity index is 1.58. The van der Waals surface area contributed by atoms with Crippen molar-refractivity contribution in [2.45, 2.75) is 51.6 Å². The Morgan fingerprint density at radius 1 is 1.12 bits per heavy atom. The molecular formula is C18H27N3O3S. The maximum atomic E-state index is 12.7. The summed E-state index contributed by atoms with van der Waals surface area (Å²) in [5.74, 6) is -0.187. The van der Waals surface area contributed by atoms with E-state index in [0.717, 1.165) is 36.8 Å². The summed E-state index contributed by atoms with van der Waals surface area (Å²) in [6.07, 6.45) is 5.49. The van der Waals surface area contributed by atoms with Crippen LogP contribution in [0.25, 0.3) is 0 Å². The zero-order valence-corrected chi connectivity index (χ0v) is 15.6. The van der Waals surface area contributed by atoms with Crippen molar-refractivity contribution in [3.8, 4) is 0 Å². The molecular weight excluding hydrogens is 338 g/mol. The molecule has 1 saturated carbocycles. The summed E-state index contributed by atoms with van der Waals surface area (Å²) in [6.45, 7) is 3.05. The summed E-state index contributed by atoms with van der Waals surface area (Å²) in [7, 11) is -3.57. The van der Waals surface area contributed by atoms with Crippen LogP contribution in [0.2, 0.25) is 0 Å². The maximum Gasteiger partial charge on any atom is 0.282 e. The summed E-state index contributed by atoms with van der Waals surface area (Å²) in [5, 5.41) is 2.99. The third-order valence-electron chi connectivity index (χ3n) is 5.15. The van der Waals surface area contributed by atoms with Crippen LogP contribution < -0.4 is 5.32 Å². The van der Waals surface area contributed by atoms with E-state index in [-0.39, 0.29) is 18.5 Å². The van der Waals surface area contributed by atoms with Crippen LogP contribution in [0, 0.1) is 6.92 Å². The summed E-state index contributed by atoms with van der Waals surface area (Å²) < 4.78 is 28.2. The lowest BCUT2D eigenvalue weighted by molar-refractivity contribution is -0.122. The van der Waals surface area contributed by atoms with Crippen molar-refractivity contribution in [2.24, 2.45) is 0 Å². The van der Waals surface area contributed by atoms with Gasteiger partial charge in [-0.2, -0.15) is 17.0 Å². The number of hydrogen-bond donors (Lipinski definition) is 1. The number of carbonyl (C=O) groups is 1. The SMILES string of the molecule is Cc1ccccc1CN1CCN(CC(=O)NC2CCCCC2)S1(=O)=O. The predicted octanol–water partition coefficient (Wildman–Crippen LogP) is 1.81. The Kier molecular flexibility index (Phi) is 5.76. The highest BCUT2D eigenvalue weighted by Crippen LogP contribution is 2.21. The van der Waals surface area contributed by atoms with Crippen molar-refractivity contribution in [1.29, 1.82) is 0 Å². The van der Waals surface area contributed by atoms with E-state index >= 15 is 0 Å². The zero-order chi connectivity index (χ0) is 17.9. The van der Waals surface area contributed by atoms with Crippen LogP contribution in [-0.4, -0.2) is 48.6 Å². The van der Waals surface area contributed by atoms with Crippen LogP contribution in [0.15, 0.2) is 24.3 Å². The molecule has 0 atom stereocenters. The largest absolute Gasteiger partial charge is 0.352 e. The van der Waals surface area contributed by atoms with E-state index in [2.05, 4.69) is 5.32 Å². The highest BCUT2D eigenvalue weighted by molar-refractivity contribution is 7.87. The average Bonchev–Trinajstić information content (AvgIpc) is 2.85. The molecule has 1 saturated heterocycles. The first-order valence-corrected chi connectivity index (χ1v) is 10.5. The summed E-state index contributed by atoms with van der Waals surface area (Å²) in [5.41, 5.74) is 2.07. The van der Waals surface area contributed by atoms with E-state index in [1.54, 1.807) is 0 Å². The molecule has 3 rings (SSSR count). The molecule has 1 aromatic rings. The minimum absolute atomic E-state index is 0.0803. The second-order valence-corrected chi connectivity index (χ2v) is 8.93. The second-order valence-electron chi connectivity index (χ2n) is 7.00. The highest BCUT2D eigenvalue weighted by Gasteiger charge is 2.37. The first-order valence-electron chi connectivity index (χ1n) is 9.06. The van der Waals surface area contributed by atoms with E-state index in [1.807, 2.05) is 31.2 Å². The van der Waals surface area contributed by atoms with Crippen molar-refractivity contribution in [3.05, 3.63) is 35.4 Å². The normalized spacial score (nSPS) is 22.1. The third kappa shape index (κ3) is 4.40. The van der Waals surface area contributed by atoms with E-state index < -0.39 is 10.2 Å². The molecule has 1 N–H and O–H groups in total. The van der Waals surface area contributed by atoms with Crippen molar-refractivity contribution in [3.63, 3.8) is 0 Å². The van der Waals surface area contributed by atoms with Crippen LogP contribution in [0.1, 0.15) is 43.2 Å². The van der Waals surface area contributed by atoms with Crippen molar-refractivity contribution in [2.75, 3.05) is 19.6 Å². The number of carbonyl (C=O) groups excluding carboxylic acids is 1. The monoisotopic (exact) mass is 365 g/mol. The average molecular weight is 365 g/mol. The Hall–Kier alpha value is -1.44. The molecule has 25 heavy (non-hydrogen) atoms. The van der Waals surface area contributed by atoms with Crippen molar-refractivity contribution in [1.82, 2.24) is 13.9 Å². The van der Waals surface area contributed by atoms with E-state index in [1.165, 1.54) is 15.0 Å². The number of aryl methyl sites for hydroxylation is 1. The summed E-state index contributed by atoms with van der Waals surface area (Å²) in [6, 6.07) is 7.99. The van der Waals surface area contributed by atoms with Gasteiger partial charge in [0.05, 0.1) is 6.54 Å². The lowest BCUT2D eigenvalue weighted by Gasteiger charge is -2.24. The molecule has 1 amide bonds. The molecule has 1 heterocycles. The molecule has 0 radical (unpaired) electrons. The number of amides is 1. The number of rotatable bonds is 5. The number of benzene rings is 1. The zero-order valence-electron chi connectivity index (χ0n) is 14.8. The molecule has 1 aromatic carbocycles. The van der Waals surface area contributed by atoms with Gasteiger partial charge in [0.1, 0.15) is 0 Å². The first kappa shape index (κ1) is 18.4. The van der Waals surface area contributed by atoms with Gasteiger partial charge in [-0.3, -0.25) is 4.79 Å². The molecule has 1 aliphatic heterocycles. The maximum absolute atomic E-state index is 12.7. The molecule has 0 aromatic heterocycles. The summed E-state index contributed by atoms with van der Waals surface area (Å²) in [4.78, 5) is 12.2. The predicted molar refractivity (Wildman–Crippen MR) is 97.1 cm³/mol. The number of nitrogens with zero attached hydrogens (tertiary/aromatic N) is 2. The van der Waals surface area contributed by atoms with Gasteiger partial charge in [0.25, 0.3) is 10.2 Å². The van der Waals surface area contributed by atoms with Gasteiger partial charge in [-0.15, -0.1) is 0 Å². The van der Waals surface area contributed by atoms with Crippen LogP contribution in [0.3, 0.4) is 0 Å². The minimum Gasteiger partial charge on any atom is -0.352 e. The standard InChI is InChI=1S/C18H27N3O3S/c1-15-7-5-6-8-16(15)13-20-11-12-21(25(20,23)24)14-18(22)19-17-9-3-2-4-10-17/h5-8,17H,2-4,9-14H2,1H3,(H,19,22). The van der Waals surface area contributed by atoms with Gasteiger partial charge in [-0.1, -0.05) is 43.5 Å². The molecule has 0 bridgehead atoms. The Bertz CT molecular complexity index is 714. The van der Waals surface area contributed by atoms with Gasteiger partial charge < -0.3 is 5.32 Å². The van der Waals surface area contributed by atoms with Gasteiger partial charge in [0.2, 0.25) is 5.91 Å². The van der Waals surface area contributed by atoms with E-state index in [4.69, 9.17) is 0 Å². The van der Waals surface area contributed by atoms with Gasteiger partial charge in [-0.25, -0.2) is 0 Å². The van der Waals surface area contributed by atoms with Crippen LogP contribution in [0.5, 0.6) is 0 Å². The molecule has 2 aliphatic rings. The van der Waals surface area contributed by atoms with Gasteiger partial charge in [0, 0.05) is 25.7 Å². The molecule has 0 unspecified atom stereocenters. The molecule has 7 heteroatoms. The van der Waals surface area contributed by atoms with E-state index in [9.17, 15) is 13.2 Å². The second kappa shape index (κ2) is 7.85. The lowest BCUT2D eigenvalue weighted by Crippen LogP contribution is -2.44. The topological polar surface area (TPSA) is 69.7 Å². The van der Waals surface area contributed by atoms with Gasteiger partial charge in [0.15, 0.2) is 0 Å². The summed E-state index contributed by atoms with van der Waals surface area (Å²) >= 11 is 0. The number of nitrogens with one attached hydrogen (secondary N) is 1. The van der Waals surface area contributed by atoms with Crippen molar-refractivity contribution < 1.29 is 13.2 Å². The fraction of sp³-hybridized carbons (Fsp3) is 0.611. The molecule has 0 spiro atoms. The Morgan fingerprint density at radius 3 is 2.52 bits per heavy atom. The fourth-order valence-electron chi connectivity index (χ4n) is 3.60. The van der Waals surface area contributed by atoms with Gasteiger partial charge in [-0.05, 0) is 30.9 Å². The van der Waals surface area contributed by atoms with E-state index in [0.29, 0.717) is 19.6 Å². The first-order chi connectivity index (χ1) is 12.0. The van der Waals surface area contributed by atoms with Crippen LogP contribution >= 0.6 is 0 Å². The minimum atomic E-state index is -3.57. The fourth-order valence-corrected chi connectivity index (χ4v) is 5.13. The molecule has 1 aliphatic carbocycles. The smallest absolute Gasteiger partial charge is 0.282 e. The van der Waals surface area contributed by atoms with Crippen molar-refractivity contribution >= 4 is 16.1 Å². The Labute approximate surface area is 150 Å². The number of hydrogen-bond acceptors (Lipinski definition) is 3. The quantitative estimate of drug-likeness (QED) is 0.865. The molecule has 2 fully saturated rings. The highest BCUT2D eigenvalue weighted by atomic mass is 32.2.